The minimum absolute atomic E-state index is 0.0251. The van der Waals surface area contributed by atoms with E-state index in [2.05, 4.69) is 20.5 Å². The third-order valence-electron chi connectivity index (χ3n) is 6.94. The summed E-state index contributed by atoms with van der Waals surface area (Å²) in [6.45, 7) is 2.18. The van der Waals surface area contributed by atoms with Crippen molar-refractivity contribution >= 4 is 35.5 Å². The monoisotopic (exact) mass is 452 g/mol. The number of carbonyl (C=O) groups is 2. The SMILES string of the molecule is O=CNCCC1C(=O)N(C2CCCC2)c2nc(Nc3ccc(N4CCCC4)c(F)c3)ncc21. The Labute approximate surface area is 192 Å². The largest absolute Gasteiger partial charge is 0.369 e. The molecule has 0 radical (unpaired) electrons. The average Bonchev–Trinajstić information content (AvgIpc) is 3.56. The highest BCUT2D eigenvalue weighted by Crippen LogP contribution is 2.42. The van der Waals surface area contributed by atoms with E-state index in [1.165, 1.54) is 6.07 Å². The standard InChI is InChI=1S/C24H29FN6O2/c25-20-13-16(7-8-21(20)30-11-3-4-12-30)28-24-27-14-19-18(9-10-26-15-32)23(33)31(22(19)29-24)17-5-1-2-6-17/h7-8,13-15,17-18H,1-6,9-12H2,(H,26,32)(H,27,28,29). The number of hydrogen-bond acceptors (Lipinski definition) is 6. The Morgan fingerprint density at radius 1 is 1.15 bits per heavy atom. The van der Waals surface area contributed by atoms with Crippen molar-refractivity contribution in [3.8, 4) is 0 Å². The van der Waals surface area contributed by atoms with E-state index in [0.717, 1.165) is 57.2 Å². The smallest absolute Gasteiger partial charge is 0.236 e. The Hall–Kier alpha value is -3.23. The van der Waals surface area contributed by atoms with Gasteiger partial charge in [0.2, 0.25) is 18.3 Å². The molecule has 9 heteroatoms. The van der Waals surface area contributed by atoms with Gasteiger partial charge in [-0.05, 0) is 50.3 Å². The fourth-order valence-corrected chi connectivity index (χ4v) is 5.30. The minimum atomic E-state index is -0.362. The van der Waals surface area contributed by atoms with Gasteiger partial charge in [-0.2, -0.15) is 4.98 Å². The Balaban J connectivity index is 1.39. The zero-order valence-electron chi connectivity index (χ0n) is 18.6. The van der Waals surface area contributed by atoms with Gasteiger partial charge in [-0.15, -0.1) is 0 Å². The van der Waals surface area contributed by atoms with Crippen LogP contribution < -0.4 is 20.4 Å². The van der Waals surface area contributed by atoms with Crippen molar-refractivity contribution in [3.05, 3.63) is 35.8 Å². The van der Waals surface area contributed by atoms with Gasteiger partial charge in [0.15, 0.2) is 0 Å². The lowest BCUT2D eigenvalue weighted by atomic mass is 10.00. The number of hydrogen-bond donors (Lipinski definition) is 2. The number of halogens is 1. The molecule has 8 nitrogen and oxygen atoms in total. The summed E-state index contributed by atoms with van der Waals surface area (Å²) in [4.78, 5) is 37.0. The van der Waals surface area contributed by atoms with E-state index in [1.807, 2.05) is 11.0 Å². The van der Waals surface area contributed by atoms with Crippen LogP contribution in [0.5, 0.6) is 0 Å². The molecule has 3 aliphatic rings. The van der Waals surface area contributed by atoms with E-state index in [0.29, 0.717) is 42.5 Å². The Morgan fingerprint density at radius 3 is 2.67 bits per heavy atom. The molecule has 0 spiro atoms. The summed E-state index contributed by atoms with van der Waals surface area (Å²) in [5.41, 5.74) is 1.98. The third kappa shape index (κ3) is 4.24. The van der Waals surface area contributed by atoms with Crippen LogP contribution in [0.1, 0.15) is 56.4 Å². The lowest BCUT2D eigenvalue weighted by Crippen LogP contribution is -2.38. The molecule has 1 saturated carbocycles. The predicted molar refractivity (Wildman–Crippen MR) is 124 cm³/mol. The summed E-state index contributed by atoms with van der Waals surface area (Å²) in [5.74, 6) is 0.365. The summed E-state index contributed by atoms with van der Waals surface area (Å²) in [5, 5.41) is 5.75. The van der Waals surface area contributed by atoms with Crippen LogP contribution in [-0.2, 0) is 9.59 Å². The number of rotatable bonds is 8. The Bertz CT molecular complexity index is 1040. The van der Waals surface area contributed by atoms with Crippen molar-refractivity contribution in [2.45, 2.75) is 56.9 Å². The number of nitrogens with zero attached hydrogens (tertiary/aromatic N) is 4. The first-order chi connectivity index (χ1) is 16.2. The number of anilines is 4. The zero-order chi connectivity index (χ0) is 22.8. The molecule has 1 atom stereocenters. The highest BCUT2D eigenvalue weighted by molar-refractivity contribution is 6.04. The van der Waals surface area contributed by atoms with Crippen LogP contribution in [0.3, 0.4) is 0 Å². The maximum atomic E-state index is 14.7. The molecule has 2 aliphatic heterocycles. The fraction of sp³-hybridized carbons (Fsp3) is 0.500. The number of fused-ring (bicyclic) bond motifs is 1. The lowest BCUT2D eigenvalue weighted by molar-refractivity contribution is -0.120. The first-order valence-corrected chi connectivity index (χ1v) is 11.8. The maximum Gasteiger partial charge on any atom is 0.236 e. The lowest BCUT2D eigenvalue weighted by Gasteiger charge is -2.24. The first kappa shape index (κ1) is 21.6. The van der Waals surface area contributed by atoms with Gasteiger partial charge in [-0.25, -0.2) is 9.37 Å². The normalized spacial score (nSPS) is 20.4. The molecule has 2 aromatic rings. The quantitative estimate of drug-likeness (QED) is 0.471. The van der Waals surface area contributed by atoms with Gasteiger partial charge in [-0.3, -0.25) is 14.5 Å². The first-order valence-electron chi connectivity index (χ1n) is 11.8. The summed E-state index contributed by atoms with van der Waals surface area (Å²) in [7, 11) is 0. The topological polar surface area (TPSA) is 90.5 Å². The molecule has 1 saturated heterocycles. The fourth-order valence-electron chi connectivity index (χ4n) is 5.30. The van der Waals surface area contributed by atoms with Crippen molar-refractivity contribution in [2.75, 3.05) is 34.8 Å². The number of nitrogens with one attached hydrogen (secondary N) is 2. The van der Waals surface area contributed by atoms with E-state index in [-0.39, 0.29) is 23.7 Å². The van der Waals surface area contributed by atoms with Crippen molar-refractivity contribution in [1.29, 1.82) is 0 Å². The molecule has 5 rings (SSSR count). The van der Waals surface area contributed by atoms with E-state index in [9.17, 15) is 14.0 Å². The van der Waals surface area contributed by atoms with Gasteiger partial charge < -0.3 is 15.5 Å². The molecule has 174 valence electrons. The van der Waals surface area contributed by atoms with Crippen LogP contribution in [-0.4, -0.2) is 48.0 Å². The second kappa shape index (κ2) is 9.33. The molecular formula is C24H29FN6O2. The van der Waals surface area contributed by atoms with Gasteiger partial charge in [-0.1, -0.05) is 12.8 Å². The predicted octanol–water partition coefficient (Wildman–Crippen LogP) is 3.47. The van der Waals surface area contributed by atoms with E-state index < -0.39 is 0 Å². The van der Waals surface area contributed by atoms with Crippen LogP contribution >= 0.6 is 0 Å². The van der Waals surface area contributed by atoms with Crippen LogP contribution in [0.25, 0.3) is 0 Å². The number of aromatic nitrogens is 2. The molecule has 3 heterocycles. The highest BCUT2D eigenvalue weighted by Gasteiger charge is 2.42. The van der Waals surface area contributed by atoms with Crippen LogP contribution in [0.4, 0.5) is 27.5 Å². The van der Waals surface area contributed by atoms with E-state index in [4.69, 9.17) is 4.98 Å². The highest BCUT2D eigenvalue weighted by atomic mass is 19.1. The summed E-state index contributed by atoms with van der Waals surface area (Å²) >= 11 is 0. The van der Waals surface area contributed by atoms with Crippen molar-refractivity contribution in [3.63, 3.8) is 0 Å². The molecule has 1 aromatic carbocycles. The molecule has 1 aliphatic carbocycles. The molecule has 33 heavy (non-hydrogen) atoms. The molecule has 1 unspecified atom stereocenters. The summed E-state index contributed by atoms with van der Waals surface area (Å²) in [6, 6.07) is 5.24. The van der Waals surface area contributed by atoms with Gasteiger partial charge in [0.1, 0.15) is 11.6 Å². The summed E-state index contributed by atoms with van der Waals surface area (Å²) < 4.78 is 14.7. The molecule has 2 N–H and O–H groups in total. The molecule has 0 bridgehead atoms. The van der Waals surface area contributed by atoms with Gasteiger partial charge >= 0.3 is 0 Å². The van der Waals surface area contributed by atoms with Crippen LogP contribution in [0, 0.1) is 5.82 Å². The average molecular weight is 453 g/mol. The third-order valence-corrected chi connectivity index (χ3v) is 6.94. The zero-order valence-corrected chi connectivity index (χ0v) is 18.6. The van der Waals surface area contributed by atoms with E-state index >= 15 is 0 Å². The van der Waals surface area contributed by atoms with Gasteiger partial charge in [0.25, 0.3) is 0 Å². The number of benzene rings is 1. The second-order valence-corrected chi connectivity index (χ2v) is 9.02. The Kier molecular flexibility index (Phi) is 6.11. The minimum Gasteiger partial charge on any atom is -0.369 e. The van der Waals surface area contributed by atoms with Crippen molar-refractivity contribution in [1.82, 2.24) is 15.3 Å². The number of amides is 2. The van der Waals surface area contributed by atoms with Crippen molar-refractivity contribution < 1.29 is 14.0 Å². The molecule has 2 fully saturated rings. The van der Waals surface area contributed by atoms with E-state index in [1.54, 1.807) is 12.3 Å². The number of carbonyl (C=O) groups excluding carboxylic acids is 2. The molecular weight excluding hydrogens is 423 g/mol. The van der Waals surface area contributed by atoms with Gasteiger partial charge in [0, 0.05) is 43.1 Å². The maximum absolute atomic E-state index is 14.7. The van der Waals surface area contributed by atoms with Crippen LogP contribution in [0.15, 0.2) is 24.4 Å². The summed E-state index contributed by atoms with van der Waals surface area (Å²) in [6.07, 6.45) is 9.13. The molecule has 2 amide bonds. The molecule has 1 aromatic heterocycles. The van der Waals surface area contributed by atoms with Gasteiger partial charge in [0.05, 0.1) is 11.6 Å². The Morgan fingerprint density at radius 2 is 1.94 bits per heavy atom. The van der Waals surface area contributed by atoms with Crippen molar-refractivity contribution in [2.24, 2.45) is 0 Å². The second-order valence-electron chi connectivity index (χ2n) is 9.02. The van der Waals surface area contributed by atoms with Crippen LogP contribution in [0.2, 0.25) is 0 Å².